The highest BCUT2D eigenvalue weighted by atomic mass is 16.1. The number of aryl methyl sites for hydroxylation is 1. The highest BCUT2D eigenvalue weighted by Gasteiger charge is 2.23. The zero-order valence-corrected chi connectivity index (χ0v) is 12.1. The van der Waals surface area contributed by atoms with Gasteiger partial charge in [0, 0.05) is 12.1 Å². The van der Waals surface area contributed by atoms with Crippen LogP contribution in [0.15, 0.2) is 16.9 Å². The maximum Gasteiger partial charge on any atom is 0.266 e. The molecule has 2 rings (SSSR count). The van der Waals surface area contributed by atoms with E-state index in [4.69, 9.17) is 0 Å². The molecule has 0 aromatic carbocycles. The van der Waals surface area contributed by atoms with Crippen molar-refractivity contribution in [2.24, 2.45) is 5.92 Å². The summed E-state index contributed by atoms with van der Waals surface area (Å²) in [4.78, 5) is 11.9. The molecule has 0 radical (unpaired) electrons. The average molecular weight is 263 g/mol. The van der Waals surface area contributed by atoms with Crippen molar-refractivity contribution in [3.8, 4) is 0 Å². The second-order valence-electron chi connectivity index (χ2n) is 5.56. The van der Waals surface area contributed by atoms with E-state index in [9.17, 15) is 4.79 Å². The molecule has 1 saturated carbocycles. The number of likely N-dealkylation sites (N-methyl/N-ethyl adjacent to an activating group) is 1. The predicted molar refractivity (Wildman–Crippen MR) is 77.3 cm³/mol. The Morgan fingerprint density at radius 2 is 2.11 bits per heavy atom. The van der Waals surface area contributed by atoms with Crippen molar-refractivity contribution in [2.75, 3.05) is 6.54 Å². The van der Waals surface area contributed by atoms with E-state index in [1.165, 1.54) is 32.1 Å². The molecule has 19 heavy (non-hydrogen) atoms. The van der Waals surface area contributed by atoms with Gasteiger partial charge in [-0.15, -0.1) is 0 Å². The predicted octanol–water partition coefficient (Wildman–Crippen LogP) is 2.11. The molecule has 106 valence electrons. The largest absolute Gasteiger partial charge is 0.312 e. The Morgan fingerprint density at radius 3 is 2.79 bits per heavy atom. The average Bonchev–Trinajstić information content (AvgIpc) is 2.43. The van der Waals surface area contributed by atoms with Crippen LogP contribution in [0.3, 0.4) is 0 Å². The minimum atomic E-state index is 0.00399. The fourth-order valence-corrected chi connectivity index (χ4v) is 3.05. The summed E-state index contributed by atoms with van der Waals surface area (Å²) in [6.45, 7) is 5.70. The Morgan fingerprint density at radius 1 is 1.37 bits per heavy atom. The number of hydrogen-bond acceptors (Lipinski definition) is 3. The lowest BCUT2D eigenvalue weighted by Crippen LogP contribution is -2.43. The molecular weight excluding hydrogens is 238 g/mol. The third-order valence-corrected chi connectivity index (χ3v) is 4.05. The third kappa shape index (κ3) is 3.90. The highest BCUT2D eigenvalue weighted by molar-refractivity contribution is 4.97. The molecule has 0 saturated heterocycles. The lowest BCUT2D eigenvalue weighted by Gasteiger charge is -2.31. The fourth-order valence-electron chi connectivity index (χ4n) is 3.05. The van der Waals surface area contributed by atoms with Gasteiger partial charge in [0.25, 0.3) is 5.56 Å². The fraction of sp³-hybridized carbons (Fsp3) is 0.733. The van der Waals surface area contributed by atoms with Gasteiger partial charge in [0.05, 0.1) is 12.2 Å². The molecule has 0 amide bonds. The first-order chi connectivity index (χ1) is 9.20. The van der Waals surface area contributed by atoms with Gasteiger partial charge in [-0.2, -0.15) is 5.10 Å². The molecule has 1 aromatic heterocycles. The zero-order chi connectivity index (χ0) is 13.7. The highest BCUT2D eigenvalue weighted by Crippen LogP contribution is 2.26. The molecule has 4 nitrogen and oxygen atoms in total. The Bertz CT molecular complexity index is 449. The minimum Gasteiger partial charge on any atom is -0.312 e. The van der Waals surface area contributed by atoms with Crippen molar-refractivity contribution in [3.05, 3.63) is 28.2 Å². The van der Waals surface area contributed by atoms with Crippen LogP contribution in [0.2, 0.25) is 0 Å². The molecular formula is C15H25N3O. The van der Waals surface area contributed by atoms with E-state index in [-0.39, 0.29) is 5.56 Å². The molecule has 4 heteroatoms. The molecule has 1 aromatic rings. The van der Waals surface area contributed by atoms with Gasteiger partial charge in [0.15, 0.2) is 0 Å². The zero-order valence-electron chi connectivity index (χ0n) is 12.1. The Hall–Kier alpha value is -1.16. The molecule has 0 bridgehead atoms. The van der Waals surface area contributed by atoms with Gasteiger partial charge in [-0.05, 0) is 38.3 Å². The summed E-state index contributed by atoms with van der Waals surface area (Å²) >= 11 is 0. The van der Waals surface area contributed by atoms with Crippen LogP contribution < -0.4 is 10.9 Å². The number of nitrogens with one attached hydrogen (secondary N) is 1. The van der Waals surface area contributed by atoms with Crippen LogP contribution in [0, 0.1) is 12.8 Å². The first-order valence-corrected chi connectivity index (χ1v) is 7.49. The van der Waals surface area contributed by atoms with E-state index in [0.717, 1.165) is 12.2 Å². The molecule has 1 atom stereocenters. The Labute approximate surface area is 115 Å². The van der Waals surface area contributed by atoms with Gasteiger partial charge in [-0.3, -0.25) is 4.79 Å². The molecule has 0 spiro atoms. The van der Waals surface area contributed by atoms with Crippen molar-refractivity contribution in [1.82, 2.24) is 15.1 Å². The van der Waals surface area contributed by atoms with Gasteiger partial charge in [0.1, 0.15) is 0 Å². The summed E-state index contributed by atoms with van der Waals surface area (Å²) in [6.07, 6.45) is 6.56. The van der Waals surface area contributed by atoms with Crippen molar-refractivity contribution in [3.63, 3.8) is 0 Å². The van der Waals surface area contributed by atoms with Crippen LogP contribution in [0.1, 0.15) is 44.7 Å². The van der Waals surface area contributed by atoms with E-state index >= 15 is 0 Å². The monoisotopic (exact) mass is 263 g/mol. The van der Waals surface area contributed by atoms with E-state index in [1.54, 1.807) is 16.8 Å². The number of aromatic nitrogens is 2. The van der Waals surface area contributed by atoms with E-state index in [1.807, 2.05) is 6.92 Å². The second kappa shape index (κ2) is 6.85. The number of rotatable bonds is 5. The molecule has 1 aliphatic carbocycles. The normalized spacial score (nSPS) is 18.4. The standard InChI is InChI=1S/C15H25N3O/c1-3-16-14(13-7-5-4-6-8-13)11-18-15(19)10-9-12(2)17-18/h9-10,13-14,16H,3-8,11H2,1-2H3. The lowest BCUT2D eigenvalue weighted by molar-refractivity contribution is 0.242. The lowest BCUT2D eigenvalue weighted by atomic mass is 9.84. The maximum absolute atomic E-state index is 11.9. The van der Waals surface area contributed by atoms with Crippen molar-refractivity contribution >= 4 is 0 Å². The summed E-state index contributed by atoms with van der Waals surface area (Å²) < 4.78 is 1.62. The van der Waals surface area contributed by atoms with Gasteiger partial charge in [-0.1, -0.05) is 26.2 Å². The summed E-state index contributed by atoms with van der Waals surface area (Å²) in [7, 11) is 0. The van der Waals surface area contributed by atoms with E-state index < -0.39 is 0 Å². The van der Waals surface area contributed by atoms with Crippen LogP contribution in [0.4, 0.5) is 0 Å². The summed E-state index contributed by atoms with van der Waals surface area (Å²) in [5.41, 5.74) is 0.905. The van der Waals surface area contributed by atoms with Gasteiger partial charge in [-0.25, -0.2) is 4.68 Å². The Balaban J connectivity index is 2.10. The van der Waals surface area contributed by atoms with Gasteiger partial charge >= 0.3 is 0 Å². The van der Waals surface area contributed by atoms with E-state index in [0.29, 0.717) is 18.5 Å². The number of nitrogens with zero attached hydrogens (tertiary/aromatic N) is 2. The SMILES string of the molecule is CCNC(Cn1nc(C)ccc1=O)C1CCCCC1. The van der Waals surface area contributed by atoms with E-state index in [2.05, 4.69) is 17.3 Å². The summed E-state index contributed by atoms with van der Waals surface area (Å²) in [5.74, 6) is 0.683. The molecule has 1 N–H and O–H groups in total. The van der Waals surface area contributed by atoms with Crippen LogP contribution in [0.5, 0.6) is 0 Å². The van der Waals surface area contributed by atoms with Crippen LogP contribution in [-0.2, 0) is 6.54 Å². The van der Waals surface area contributed by atoms with Crippen LogP contribution in [0.25, 0.3) is 0 Å². The first kappa shape index (κ1) is 14.3. The molecule has 1 fully saturated rings. The molecule has 0 aliphatic heterocycles. The number of hydrogen-bond donors (Lipinski definition) is 1. The molecule has 1 unspecified atom stereocenters. The molecule has 1 heterocycles. The minimum absolute atomic E-state index is 0.00399. The summed E-state index contributed by atoms with van der Waals surface area (Å²) in [5, 5.41) is 7.90. The Kier molecular flexibility index (Phi) is 5.14. The maximum atomic E-state index is 11.9. The van der Waals surface area contributed by atoms with Crippen molar-refractivity contribution < 1.29 is 0 Å². The smallest absolute Gasteiger partial charge is 0.266 e. The van der Waals surface area contributed by atoms with Crippen molar-refractivity contribution in [2.45, 2.75) is 58.5 Å². The quantitative estimate of drug-likeness (QED) is 0.885. The van der Waals surface area contributed by atoms with Gasteiger partial charge < -0.3 is 5.32 Å². The van der Waals surface area contributed by atoms with Crippen LogP contribution >= 0.6 is 0 Å². The first-order valence-electron chi connectivity index (χ1n) is 7.49. The summed E-state index contributed by atoms with van der Waals surface area (Å²) in [6, 6.07) is 3.77. The van der Waals surface area contributed by atoms with Gasteiger partial charge in [0.2, 0.25) is 0 Å². The third-order valence-electron chi connectivity index (χ3n) is 4.05. The topological polar surface area (TPSA) is 46.9 Å². The molecule has 1 aliphatic rings. The van der Waals surface area contributed by atoms with Crippen molar-refractivity contribution in [1.29, 1.82) is 0 Å². The second-order valence-corrected chi connectivity index (χ2v) is 5.56. The van der Waals surface area contributed by atoms with Crippen LogP contribution in [-0.4, -0.2) is 22.4 Å².